The fourth-order valence-electron chi connectivity index (χ4n) is 2.44. The molecule has 0 spiro atoms. The van der Waals surface area contributed by atoms with Gasteiger partial charge in [0.15, 0.2) is 0 Å². The summed E-state index contributed by atoms with van der Waals surface area (Å²) < 4.78 is 0. The number of nitrogens with zero attached hydrogens (tertiary/aromatic N) is 2. The van der Waals surface area contributed by atoms with E-state index in [0.717, 1.165) is 37.6 Å². The van der Waals surface area contributed by atoms with Crippen molar-refractivity contribution in [3.8, 4) is 0 Å². The Bertz CT molecular complexity index is 372. The van der Waals surface area contributed by atoms with E-state index >= 15 is 0 Å². The number of benzene rings is 1. The highest BCUT2D eigenvalue weighted by molar-refractivity contribution is 6.33. The zero-order valence-corrected chi connectivity index (χ0v) is 11.7. The molecule has 1 aliphatic rings. The van der Waals surface area contributed by atoms with Crippen LogP contribution in [0.2, 0.25) is 5.02 Å². The average Bonchev–Trinajstić information content (AvgIpc) is 2.30. The molecule has 94 valence electrons. The Labute approximate surface area is 109 Å². The molecule has 3 heteroatoms. The van der Waals surface area contributed by atoms with Crippen LogP contribution in [0.1, 0.15) is 18.1 Å². The molecule has 1 fully saturated rings. The van der Waals surface area contributed by atoms with Crippen molar-refractivity contribution in [2.24, 2.45) is 0 Å². The molecule has 0 N–H and O–H groups in total. The van der Waals surface area contributed by atoms with Gasteiger partial charge in [-0.3, -0.25) is 0 Å². The maximum Gasteiger partial charge on any atom is 0.0645 e. The number of hydrogen-bond acceptors (Lipinski definition) is 2. The lowest BCUT2D eigenvalue weighted by Gasteiger charge is -2.35. The quantitative estimate of drug-likeness (QED) is 0.799. The van der Waals surface area contributed by atoms with E-state index in [0.29, 0.717) is 0 Å². The Hall–Kier alpha value is -0.730. The van der Waals surface area contributed by atoms with Crippen LogP contribution in [0.4, 0.5) is 5.69 Å². The molecule has 1 aromatic carbocycles. The second kappa shape index (κ2) is 5.28. The SMILES string of the molecule is CCc1cc(C)c(N2CCN(C)CC2)c(Cl)c1. The minimum Gasteiger partial charge on any atom is -0.368 e. The topological polar surface area (TPSA) is 6.48 Å². The summed E-state index contributed by atoms with van der Waals surface area (Å²) in [6, 6.07) is 4.38. The lowest BCUT2D eigenvalue weighted by atomic mass is 10.1. The van der Waals surface area contributed by atoms with E-state index in [-0.39, 0.29) is 0 Å². The van der Waals surface area contributed by atoms with Gasteiger partial charge in [-0.1, -0.05) is 24.6 Å². The molecule has 0 bridgehead atoms. The summed E-state index contributed by atoms with van der Waals surface area (Å²) in [7, 11) is 2.17. The van der Waals surface area contributed by atoms with Crippen LogP contribution in [-0.4, -0.2) is 38.1 Å². The van der Waals surface area contributed by atoms with Crippen LogP contribution >= 0.6 is 11.6 Å². The Morgan fingerprint density at radius 1 is 1.18 bits per heavy atom. The molecular weight excluding hydrogens is 232 g/mol. The molecular formula is C14H21ClN2. The maximum atomic E-state index is 6.43. The summed E-state index contributed by atoms with van der Waals surface area (Å²) >= 11 is 6.43. The number of hydrogen-bond donors (Lipinski definition) is 0. The minimum absolute atomic E-state index is 0.909. The van der Waals surface area contributed by atoms with E-state index < -0.39 is 0 Å². The predicted molar refractivity (Wildman–Crippen MR) is 75.3 cm³/mol. The van der Waals surface area contributed by atoms with Gasteiger partial charge < -0.3 is 9.80 Å². The smallest absolute Gasteiger partial charge is 0.0645 e. The van der Waals surface area contributed by atoms with Crippen molar-refractivity contribution < 1.29 is 0 Å². The van der Waals surface area contributed by atoms with Gasteiger partial charge in [0.2, 0.25) is 0 Å². The Morgan fingerprint density at radius 2 is 1.82 bits per heavy atom. The second-order valence-corrected chi connectivity index (χ2v) is 5.29. The number of rotatable bonds is 2. The first-order valence-electron chi connectivity index (χ1n) is 6.34. The standard InChI is InChI=1S/C14H21ClN2/c1-4-12-9-11(2)14(13(15)10-12)17-7-5-16(3)6-8-17/h9-10H,4-8H2,1-3H3. The molecule has 2 nitrogen and oxygen atoms in total. The van der Waals surface area contributed by atoms with Crippen molar-refractivity contribution in [1.82, 2.24) is 4.90 Å². The molecule has 1 heterocycles. The van der Waals surface area contributed by atoms with Gasteiger partial charge in [-0.25, -0.2) is 0 Å². The normalized spacial score (nSPS) is 17.5. The van der Waals surface area contributed by atoms with Gasteiger partial charge in [-0.15, -0.1) is 0 Å². The molecule has 2 rings (SSSR count). The third kappa shape index (κ3) is 2.75. The van der Waals surface area contributed by atoms with E-state index in [1.165, 1.54) is 16.8 Å². The molecule has 17 heavy (non-hydrogen) atoms. The van der Waals surface area contributed by atoms with Crippen LogP contribution in [0.3, 0.4) is 0 Å². The van der Waals surface area contributed by atoms with Crippen LogP contribution < -0.4 is 4.90 Å². The van der Waals surface area contributed by atoms with Gasteiger partial charge in [0.05, 0.1) is 10.7 Å². The number of aryl methyl sites for hydroxylation is 2. The molecule has 1 aromatic rings. The number of likely N-dealkylation sites (N-methyl/N-ethyl adjacent to an activating group) is 1. The monoisotopic (exact) mass is 252 g/mol. The van der Waals surface area contributed by atoms with E-state index in [1.54, 1.807) is 0 Å². The van der Waals surface area contributed by atoms with Crippen LogP contribution in [-0.2, 0) is 6.42 Å². The highest BCUT2D eigenvalue weighted by Crippen LogP contribution is 2.31. The lowest BCUT2D eigenvalue weighted by molar-refractivity contribution is 0.312. The van der Waals surface area contributed by atoms with E-state index in [2.05, 4.69) is 42.8 Å². The summed E-state index contributed by atoms with van der Waals surface area (Å²) in [5.41, 5.74) is 3.86. The van der Waals surface area contributed by atoms with Gasteiger partial charge in [0.1, 0.15) is 0 Å². The van der Waals surface area contributed by atoms with Gasteiger partial charge in [-0.2, -0.15) is 0 Å². The van der Waals surface area contributed by atoms with Crippen molar-refractivity contribution in [2.45, 2.75) is 20.3 Å². The third-order valence-corrected chi connectivity index (χ3v) is 3.83. The second-order valence-electron chi connectivity index (χ2n) is 4.89. The maximum absolute atomic E-state index is 6.43. The fourth-order valence-corrected chi connectivity index (χ4v) is 2.85. The van der Waals surface area contributed by atoms with Gasteiger partial charge in [0, 0.05) is 26.2 Å². The van der Waals surface area contributed by atoms with Gasteiger partial charge in [0.25, 0.3) is 0 Å². The van der Waals surface area contributed by atoms with Gasteiger partial charge in [-0.05, 0) is 37.6 Å². The Morgan fingerprint density at radius 3 is 2.35 bits per heavy atom. The molecule has 1 saturated heterocycles. The number of piperazine rings is 1. The highest BCUT2D eigenvalue weighted by atomic mass is 35.5. The van der Waals surface area contributed by atoms with Crippen LogP contribution in [0.15, 0.2) is 12.1 Å². The molecule has 0 radical (unpaired) electrons. The van der Waals surface area contributed by atoms with Crippen molar-refractivity contribution in [2.75, 3.05) is 38.1 Å². The summed E-state index contributed by atoms with van der Waals surface area (Å²) in [5.74, 6) is 0. The third-order valence-electron chi connectivity index (χ3n) is 3.54. The zero-order chi connectivity index (χ0) is 12.4. The fraction of sp³-hybridized carbons (Fsp3) is 0.571. The van der Waals surface area contributed by atoms with Crippen LogP contribution in [0.25, 0.3) is 0 Å². The molecule has 0 aromatic heterocycles. The first kappa shape index (κ1) is 12.7. The van der Waals surface area contributed by atoms with Crippen molar-refractivity contribution in [3.05, 3.63) is 28.3 Å². The molecule has 0 aliphatic carbocycles. The Kier molecular flexibility index (Phi) is 3.95. The number of anilines is 1. The lowest BCUT2D eigenvalue weighted by Crippen LogP contribution is -2.44. The predicted octanol–water partition coefficient (Wildman–Crippen LogP) is 2.96. The first-order chi connectivity index (χ1) is 8.11. The van der Waals surface area contributed by atoms with Crippen molar-refractivity contribution in [1.29, 1.82) is 0 Å². The van der Waals surface area contributed by atoms with Crippen LogP contribution in [0.5, 0.6) is 0 Å². The van der Waals surface area contributed by atoms with Crippen molar-refractivity contribution >= 4 is 17.3 Å². The first-order valence-corrected chi connectivity index (χ1v) is 6.72. The minimum atomic E-state index is 0.909. The molecule has 1 aliphatic heterocycles. The van der Waals surface area contributed by atoms with E-state index in [4.69, 9.17) is 11.6 Å². The van der Waals surface area contributed by atoms with E-state index in [9.17, 15) is 0 Å². The Balaban J connectivity index is 2.26. The van der Waals surface area contributed by atoms with Gasteiger partial charge >= 0.3 is 0 Å². The van der Waals surface area contributed by atoms with Crippen molar-refractivity contribution in [3.63, 3.8) is 0 Å². The molecule has 0 unspecified atom stereocenters. The highest BCUT2D eigenvalue weighted by Gasteiger charge is 2.18. The largest absolute Gasteiger partial charge is 0.368 e. The summed E-state index contributed by atoms with van der Waals surface area (Å²) in [6.45, 7) is 8.71. The summed E-state index contributed by atoms with van der Waals surface area (Å²) in [6.07, 6.45) is 1.05. The summed E-state index contributed by atoms with van der Waals surface area (Å²) in [5, 5.41) is 0.909. The molecule has 0 atom stereocenters. The molecule has 0 saturated carbocycles. The zero-order valence-electron chi connectivity index (χ0n) is 11.0. The summed E-state index contributed by atoms with van der Waals surface area (Å²) in [4.78, 5) is 4.78. The molecule has 0 amide bonds. The number of halogens is 1. The van der Waals surface area contributed by atoms with Crippen LogP contribution in [0, 0.1) is 6.92 Å². The average molecular weight is 253 g/mol. The van der Waals surface area contributed by atoms with E-state index in [1.807, 2.05) is 0 Å².